The van der Waals surface area contributed by atoms with Gasteiger partial charge in [-0.2, -0.15) is 13.2 Å². The average molecular weight is 411 g/mol. The summed E-state index contributed by atoms with van der Waals surface area (Å²) in [6.07, 6.45) is -3.52. The minimum atomic E-state index is -4.55. The number of hydrogen-bond acceptors (Lipinski definition) is 2. The molecule has 4 nitrogen and oxygen atoms in total. The Balaban J connectivity index is 1.61. The molecule has 0 aliphatic carbocycles. The van der Waals surface area contributed by atoms with Crippen LogP contribution in [0.4, 0.5) is 13.2 Å². The largest absolute Gasteiger partial charge is 0.416 e. The summed E-state index contributed by atoms with van der Waals surface area (Å²) in [5, 5.41) is 2.69. The monoisotopic (exact) mass is 410 g/mol. The SMILES string of the molecule is O=C(NC1CCN(C(=O)c2ccccc2)CC1)c1cc(C(F)(F)F)ccc1Cl. The average Bonchev–Trinajstić information content (AvgIpc) is 2.68. The third-order valence-electron chi connectivity index (χ3n) is 4.68. The first-order valence-corrected chi connectivity index (χ1v) is 9.15. The predicted octanol–water partition coefficient (Wildman–Crippen LogP) is 4.39. The molecule has 0 saturated carbocycles. The van der Waals surface area contributed by atoms with Gasteiger partial charge in [-0.25, -0.2) is 0 Å². The van der Waals surface area contributed by atoms with Crippen LogP contribution in [-0.4, -0.2) is 35.8 Å². The van der Waals surface area contributed by atoms with Crippen LogP contribution in [0.1, 0.15) is 39.1 Å². The summed E-state index contributed by atoms with van der Waals surface area (Å²) in [7, 11) is 0. The van der Waals surface area contributed by atoms with Gasteiger partial charge in [0.25, 0.3) is 11.8 Å². The molecule has 3 rings (SSSR count). The molecule has 2 amide bonds. The number of carbonyl (C=O) groups is 2. The van der Waals surface area contributed by atoms with Crippen molar-refractivity contribution in [3.8, 4) is 0 Å². The van der Waals surface area contributed by atoms with Crippen molar-refractivity contribution in [1.29, 1.82) is 0 Å². The number of nitrogens with one attached hydrogen (secondary N) is 1. The summed E-state index contributed by atoms with van der Waals surface area (Å²) in [4.78, 5) is 26.6. The number of hydrogen-bond donors (Lipinski definition) is 1. The smallest absolute Gasteiger partial charge is 0.349 e. The highest BCUT2D eigenvalue weighted by molar-refractivity contribution is 6.33. The number of likely N-dealkylation sites (tertiary alicyclic amines) is 1. The van der Waals surface area contributed by atoms with Gasteiger partial charge in [-0.1, -0.05) is 29.8 Å². The van der Waals surface area contributed by atoms with E-state index in [2.05, 4.69) is 5.32 Å². The molecule has 1 fully saturated rings. The number of halogens is 4. The van der Waals surface area contributed by atoms with Crippen LogP contribution in [0.5, 0.6) is 0 Å². The Labute approximate surface area is 165 Å². The Morgan fingerprint density at radius 2 is 1.68 bits per heavy atom. The van der Waals surface area contributed by atoms with E-state index in [-0.39, 0.29) is 22.5 Å². The second kappa shape index (κ2) is 8.22. The van der Waals surface area contributed by atoms with Crippen LogP contribution in [0.3, 0.4) is 0 Å². The molecule has 0 bridgehead atoms. The van der Waals surface area contributed by atoms with Gasteiger partial charge in [0.05, 0.1) is 16.1 Å². The number of alkyl halides is 3. The lowest BCUT2D eigenvalue weighted by molar-refractivity contribution is -0.137. The van der Waals surface area contributed by atoms with Crippen LogP contribution in [0.15, 0.2) is 48.5 Å². The summed E-state index contributed by atoms with van der Waals surface area (Å²) < 4.78 is 38.6. The van der Waals surface area contributed by atoms with Gasteiger partial charge >= 0.3 is 6.18 Å². The van der Waals surface area contributed by atoms with Crippen molar-refractivity contribution in [2.24, 2.45) is 0 Å². The molecular formula is C20H18ClF3N2O2. The maximum absolute atomic E-state index is 12.9. The fourth-order valence-electron chi connectivity index (χ4n) is 3.13. The number of piperidine rings is 1. The molecule has 2 aromatic carbocycles. The number of nitrogens with zero attached hydrogens (tertiary/aromatic N) is 1. The number of amides is 2. The molecule has 0 radical (unpaired) electrons. The predicted molar refractivity (Wildman–Crippen MR) is 99.3 cm³/mol. The lowest BCUT2D eigenvalue weighted by atomic mass is 10.0. The van der Waals surface area contributed by atoms with E-state index in [9.17, 15) is 22.8 Å². The van der Waals surface area contributed by atoms with Gasteiger partial charge in [0, 0.05) is 24.7 Å². The Kier molecular flexibility index (Phi) is 5.93. The van der Waals surface area contributed by atoms with Crippen molar-refractivity contribution in [3.63, 3.8) is 0 Å². The second-order valence-corrected chi connectivity index (χ2v) is 7.01. The van der Waals surface area contributed by atoms with Crippen LogP contribution < -0.4 is 5.32 Å². The molecule has 1 heterocycles. The van der Waals surface area contributed by atoms with Gasteiger partial charge in [-0.05, 0) is 43.2 Å². The minimum Gasteiger partial charge on any atom is -0.349 e. The molecule has 28 heavy (non-hydrogen) atoms. The van der Waals surface area contributed by atoms with Gasteiger partial charge in [0.15, 0.2) is 0 Å². The number of benzene rings is 2. The van der Waals surface area contributed by atoms with Crippen molar-refractivity contribution in [2.75, 3.05) is 13.1 Å². The highest BCUT2D eigenvalue weighted by Crippen LogP contribution is 2.31. The number of rotatable bonds is 3. The maximum Gasteiger partial charge on any atom is 0.416 e. The Morgan fingerprint density at radius 3 is 2.29 bits per heavy atom. The van der Waals surface area contributed by atoms with Crippen LogP contribution in [-0.2, 0) is 6.18 Å². The normalized spacial score (nSPS) is 15.4. The van der Waals surface area contributed by atoms with E-state index in [4.69, 9.17) is 11.6 Å². The zero-order valence-electron chi connectivity index (χ0n) is 14.8. The fraction of sp³-hybridized carbons (Fsp3) is 0.300. The first-order valence-electron chi connectivity index (χ1n) is 8.77. The van der Waals surface area contributed by atoms with Crippen molar-refractivity contribution in [3.05, 3.63) is 70.2 Å². The molecule has 148 valence electrons. The van der Waals surface area contributed by atoms with Crippen molar-refractivity contribution in [1.82, 2.24) is 10.2 Å². The molecular weight excluding hydrogens is 393 g/mol. The van der Waals surface area contributed by atoms with E-state index in [1.54, 1.807) is 29.2 Å². The molecule has 1 saturated heterocycles. The van der Waals surface area contributed by atoms with Crippen LogP contribution in [0.2, 0.25) is 5.02 Å². The fourth-order valence-corrected chi connectivity index (χ4v) is 3.33. The molecule has 0 unspecified atom stereocenters. The molecule has 0 spiro atoms. The van der Waals surface area contributed by atoms with E-state index in [1.807, 2.05) is 6.07 Å². The standard InChI is InChI=1S/C20H18ClF3N2O2/c21-17-7-6-14(20(22,23)24)12-16(17)18(27)25-15-8-10-26(11-9-15)19(28)13-4-2-1-3-5-13/h1-7,12,15H,8-11H2,(H,25,27). The third kappa shape index (κ3) is 4.65. The maximum atomic E-state index is 12.9. The quantitative estimate of drug-likeness (QED) is 0.815. The molecule has 1 N–H and O–H groups in total. The third-order valence-corrected chi connectivity index (χ3v) is 5.01. The van der Waals surface area contributed by atoms with Gasteiger partial charge < -0.3 is 10.2 Å². The Hall–Kier alpha value is -2.54. The lowest BCUT2D eigenvalue weighted by Gasteiger charge is -2.32. The molecule has 2 aromatic rings. The summed E-state index contributed by atoms with van der Waals surface area (Å²) >= 11 is 5.91. The molecule has 1 aliphatic rings. The second-order valence-electron chi connectivity index (χ2n) is 6.60. The van der Waals surface area contributed by atoms with Gasteiger partial charge in [-0.15, -0.1) is 0 Å². The summed E-state index contributed by atoms with van der Waals surface area (Å²) in [6, 6.07) is 11.3. The van der Waals surface area contributed by atoms with E-state index in [0.717, 1.165) is 18.2 Å². The van der Waals surface area contributed by atoms with Crippen molar-refractivity contribution >= 4 is 23.4 Å². The summed E-state index contributed by atoms with van der Waals surface area (Å²) in [5.41, 5.74) is -0.537. The molecule has 0 aromatic heterocycles. The van der Waals surface area contributed by atoms with Crippen molar-refractivity contribution in [2.45, 2.75) is 25.1 Å². The zero-order chi connectivity index (χ0) is 20.3. The summed E-state index contributed by atoms with van der Waals surface area (Å²) in [6.45, 7) is 0.907. The van der Waals surface area contributed by atoms with E-state index >= 15 is 0 Å². The summed E-state index contributed by atoms with van der Waals surface area (Å²) in [5.74, 6) is -0.727. The minimum absolute atomic E-state index is 0.0396. The van der Waals surface area contributed by atoms with Crippen LogP contribution in [0.25, 0.3) is 0 Å². The first kappa shape index (κ1) is 20.2. The van der Waals surface area contributed by atoms with Crippen LogP contribution in [0, 0.1) is 0 Å². The van der Waals surface area contributed by atoms with Crippen molar-refractivity contribution < 1.29 is 22.8 Å². The molecule has 1 aliphatic heterocycles. The first-order chi connectivity index (χ1) is 13.3. The number of carbonyl (C=O) groups excluding carboxylic acids is 2. The molecule has 0 atom stereocenters. The Morgan fingerprint density at radius 1 is 1.04 bits per heavy atom. The van der Waals surface area contributed by atoms with E-state index in [0.29, 0.717) is 31.5 Å². The Bertz CT molecular complexity index is 863. The van der Waals surface area contributed by atoms with E-state index in [1.165, 1.54) is 0 Å². The van der Waals surface area contributed by atoms with Gasteiger partial charge in [-0.3, -0.25) is 9.59 Å². The van der Waals surface area contributed by atoms with Gasteiger partial charge in [0.1, 0.15) is 0 Å². The lowest BCUT2D eigenvalue weighted by Crippen LogP contribution is -2.46. The van der Waals surface area contributed by atoms with Gasteiger partial charge in [0.2, 0.25) is 0 Å². The molecule has 8 heteroatoms. The topological polar surface area (TPSA) is 49.4 Å². The highest BCUT2D eigenvalue weighted by atomic mass is 35.5. The van der Waals surface area contributed by atoms with E-state index < -0.39 is 17.6 Å². The highest BCUT2D eigenvalue weighted by Gasteiger charge is 2.32. The van der Waals surface area contributed by atoms with Crippen LogP contribution >= 0.6 is 11.6 Å². The zero-order valence-corrected chi connectivity index (χ0v) is 15.6.